The summed E-state index contributed by atoms with van der Waals surface area (Å²) in [5.74, 6) is 0.763. The van der Waals surface area contributed by atoms with Crippen LogP contribution in [0.1, 0.15) is 32.3 Å². The van der Waals surface area contributed by atoms with Gasteiger partial charge in [0, 0.05) is 6.54 Å². The lowest BCUT2D eigenvalue weighted by atomic mass is 10.1. The summed E-state index contributed by atoms with van der Waals surface area (Å²) in [5.41, 5.74) is 0.735. The minimum Gasteiger partial charge on any atom is -0.493 e. The summed E-state index contributed by atoms with van der Waals surface area (Å²) >= 11 is 3.42. The topological polar surface area (TPSA) is 71.4 Å². The summed E-state index contributed by atoms with van der Waals surface area (Å²) in [6.07, 6.45) is 3.39. The molecule has 1 aromatic rings. The Morgan fingerprint density at radius 1 is 1.43 bits per heavy atom. The molecule has 0 bridgehead atoms. The summed E-state index contributed by atoms with van der Waals surface area (Å²) in [5, 5.41) is 11.9. The van der Waals surface area contributed by atoms with Gasteiger partial charge in [-0.2, -0.15) is 5.26 Å². The van der Waals surface area contributed by atoms with Gasteiger partial charge in [0.05, 0.1) is 18.2 Å². The average Bonchev–Trinajstić information content (AvgIpc) is 2.54. The smallest absolute Gasteiger partial charge is 0.261 e. The zero-order valence-corrected chi connectivity index (χ0v) is 15.2. The number of ether oxygens (including phenoxy) is 2. The largest absolute Gasteiger partial charge is 0.493 e. The third kappa shape index (κ3) is 5.61. The van der Waals surface area contributed by atoms with Gasteiger partial charge in [0.1, 0.15) is 11.6 Å². The van der Waals surface area contributed by atoms with E-state index in [1.807, 2.05) is 19.9 Å². The van der Waals surface area contributed by atoms with E-state index in [9.17, 15) is 10.1 Å². The highest BCUT2D eigenvalue weighted by Gasteiger charge is 2.13. The number of nitriles is 1. The van der Waals surface area contributed by atoms with Crippen molar-refractivity contribution < 1.29 is 14.3 Å². The van der Waals surface area contributed by atoms with Crippen LogP contribution in [-0.4, -0.2) is 26.2 Å². The second-order valence-electron chi connectivity index (χ2n) is 4.75. The molecule has 1 rings (SSSR count). The van der Waals surface area contributed by atoms with Crippen LogP contribution in [0.25, 0.3) is 6.08 Å². The fourth-order valence-electron chi connectivity index (χ4n) is 1.90. The molecule has 0 fully saturated rings. The maximum absolute atomic E-state index is 12.0. The number of nitrogens with one attached hydrogen (secondary N) is 1. The van der Waals surface area contributed by atoms with Gasteiger partial charge in [-0.1, -0.05) is 13.3 Å². The Kier molecular flexibility index (Phi) is 8.20. The molecule has 0 aromatic heterocycles. The van der Waals surface area contributed by atoms with Crippen molar-refractivity contribution in [3.63, 3.8) is 0 Å². The van der Waals surface area contributed by atoms with E-state index in [0.717, 1.165) is 12.8 Å². The number of unbranched alkanes of at least 4 members (excludes halogenated alkanes) is 1. The van der Waals surface area contributed by atoms with E-state index in [1.54, 1.807) is 19.2 Å². The first kappa shape index (κ1) is 19.0. The van der Waals surface area contributed by atoms with Crippen LogP contribution in [0, 0.1) is 11.3 Å². The molecule has 0 aliphatic heterocycles. The Morgan fingerprint density at radius 3 is 2.74 bits per heavy atom. The van der Waals surface area contributed by atoms with Crippen LogP contribution >= 0.6 is 15.9 Å². The standard InChI is InChI=1S/C17H21BrN2O3/c1-4-6-7-20-17(21)13(11-19)8-12-9-14(18)16(23-5-2)15(10-12)22-3/h8-10H,4-7H2,1-3H3,(H,20,21)/b13-8-. The highest BCUT2D eigenvalue weighted by Crippen LogP contribution is 2.37. The molecule has 0 saturated carbocycles. The number of carbonyl (C=O) groups is 1. The quantitative estimate of drug-likeness (QED) is 0.424. The molecule has 23 heavy (non-hydrogen) atoms. The third-order valence-corrected chi connectivity index (χ3v) is 3.62. The molecule has 1 N–H and O–H groups in total. The van der Waals surface area contributed by atoms with Crippen LogP contribution < -0.4 is 14.8 Å². The SMILES string of the molecule is CCCCNC(=O)/C(C#N)=C\c1cc(Br)c(OCC)c(OC)c1. The first-order valence-electron chi connectivity index (χ1n) is 7.47. The first-order chi connectivity index (χ1) is 11.1. The normalized spacial score (nSPS) is 10.8. The predicted molar refractivity (Wildman–Crippen MR) is 93.4 cm³/mol. The summed E-state index contributed by atoms with van der Waals surface area (Å²) in [6, 6.07) is 5.45. The second-order valence-corrected chi connectivity index (χ2v) is 5.60. The van der Waals surface area contributed by atoms with Gasteiger partial charge in [-0.15, -0.1) is 0 Å². The minimum absolute atomic E-state index is 0.0548. The van der Waals surface area contributed by atoms with Gasteiger partial charge in [-0.25, -0.2) is 0 Å². The predicted octanol–water partition coefficient (Wildman–Crippen LogP) is 3.68. The number of methoxy groups -OCH3 is 1. The molecular formula is C17H21BrN2O3. The number of benzene rings is 1. The van der Waals surface area contributed by atoms with Gasteiger partial charge in [0.2, 0.25) is 0 Å². The van der Waals surface area contributed by atoms with Crippen molar-refractivity contribution in [3.8, 4) is 17.6 Å². The summed E-state index contributed by atoms with van der Waals surface area (Å²) in [7, 11) is 1.54. The van der Waals surface area contributed by atoms with Gasteiger partial charge < -0.3 is 14.8 Å². The fraction of sp³-hybridized carbons (Fsp3) is 0.412. The molecule has 0 atom stereocenters. The number of hydrogen-bond acceptors (Lipinski definition) is 4. The number of halogens is 1. The molecule has 0 radical (unpaired) electrons. The van der Waals surface area contributed by atoms with Crippen LogP contribution in [0.2, 0.25) is 0 Å². The Bertz CT molecular complexity index is 621. The number of carbonyl (C=O) groups excluding carboxylic acids is 1. The van der Waals surface area contributed by atoms with E-state index >= 15 is 0 Å². The zero-order chi connectivity index (χ0) is 17.2. The van der Waals surface area contributed by atoms with E-state index in [-0.39, 0.29) is 11.5 Å². The lowest BCUT2D eigenvalue weighted by Crippen LogP contribution is -2.25. The summed E-state index contributed by atoms with van der Waals surface area (Å²) in [4.78, 5) is 12.0. The molecule has 0 aliphatic rings. The van der Waals surface area contributed by atoms with Crippen molar-refractivity contribution in [1.29, 1.82) is 5.26 Å². The van der Waals surface area contributed by atoms with Crippen LogP contribution in [-0.2, 0) is 4.79 Å². The molecule has 124 valence electrons. The number of amides is 1. The summed E-state index contributed by atoms with van der Waals surface area (Å²) in [6.45, 7) is 4.99. The van der Waals surface area contributed by atoms with Gasteiger partial charge in [-0.3, -0.25) is 4.79 Å². The van der Waals surface area contributed by atoms with E-state index in [0.29, 0.717) is 34.7 Å². The van der Waals surface area contributed by atoms with Gasteiger partial charge in [0.15, 0.2) is 11.5 Å². The maximum atomic E-state index is 12.0. The molecule has 0 spiro atoms. The maximum Gasteiger partial charge on any atom is 0.261 e. The third-order valence-electron chi connectivity index (χ3n) is 3.03. The summed E-state index contributed by atoms with van der Waals surface area (Å²) < 4.78 is 11.5. The molecule has 0 unspecified atom stereocenters. The second kappa shape index (κ2) is 9.90. The average molecular weight is 381 g/mol. The highest BCUT2D eigenvalue weighted by molar-refractivity contribution is 9.10. The number of nitrogens with zero attached hydrogens (tertiary/aromatic N) is 1. The molecular weight excluding hydrogens is 360 g/mol. The molecule has 0 saturated heterocycles. The molecule has 0 aliphatic carbocycles. The Labute approximate surface area is 145 Å². The van der Waals surface area contributed by atoms with Crippen LogP contribution in [0.4, 0.5) is 0 Å². The fourth-order valence-corrected chi connectivity index (χ4v) is 2.47. The molecule has 6 heteroatoms. The molecule has 5 nitrogen and oxygen atoms in total. The lowest BCUT2D eigenvalue weighted by Gasteiger charge is -2.12. The number of rotatable bonds is 8. The van der Waals surface area contributed by atoms with Crippen molar-refractivity contribution >= 4 is 27.9 Å². The van der Waals surface area contributed by atoms with E-state index in [1.165, 1.54) is 6.08 Å². The van der Waals surface area contributed by atoms with Gasteiger partial charge in [-0.05, 0) is 53.0 Å². The molecule has 1 amide bonds. The van der Waals surface area contributed by atoms with E-state index in [4.69, 9.17) is 9.47 Å². The lowest BCUT2D eigenvalue weighted by molar-refractivity contribution is -0.117. The Morgan fingerprint density at radius 2 is 2.17 bits per heavy atom. The van der Waals surface area contributed by atoms with E-state index in [2.05, 4.69) is 21.2 Å². The molecule has 1 aromatic carbocycles. The van der Waals surface area contributed by atoms with E-state index < -0.39 is 0 Å². The van der Waals surface area contributed by atoms with Crippen LogP contribution in [0.5, 0.6) is 11.5 Å². The number of hydrogen-bond donors (Lipinski definition) is 1. The van der Waals surface area contributed by atoms with Crippen molar-refractivity contribution in [2.75, 3.05) is 20.3 Å². The monoisotopic (exact) mass is 380 g/mol. The Hall–Kier alpha value is -2.00. The first-order valence-corrected chi connectivity index (χ1v) is 8.26. The highest BCUT2D eigenvalue weighted by atomic mass is 79.9. The zero-order valence-electron chi connectivity index (χ0n) is 13.6. The van der Waals surface area contributed by atoms with Crippen LogP contribution in [0.3, 0.4) is 0 Å². The van der Waals surface area contributed by atoms with Crippen molar-refractivity contribution in [2.45, 2.75) is 26.7 Å². The van der Waals surface area contributed by atoms with Gasteiger partial charge in [0.25, 0.3) is 5.91 Å². The Balaban J connectivity index is 3.07. The van der Waals surface area contributed by atoms with Crippen LogP contribution in [0.15, 0.2) is 22.2 Å². The van der Waals surface area contributed by atoms with Crippen molar-refractivity contribution in [2.24, 2.45) is 0 Å². The minimum atomic E-state index is -0.370. The van der Waals surface area contributed by atoms with Crippen molar-refractivity contribution in [1.82, 2.24) is 5.32 Å². The van der Waals surface area contributed by atoms with Crippen molar-refractivity contribution in [3.05, 3.63) is 27.7 Å². The molecule has 0 heterocycles. The van der Waals surface area contributed by atoms with Gasteiger partial charge >= 0.3 is 0 Å².